The first-order valence-electron chi connectivity index (χ1n) is 15.6. The Balaban J connectivity index is 0.952. The number of aromatic nitrogens is 2. The molecule has 2 heterocycles. The van der Waals surface area contributed by atoms with E-state index in [0.29, 0.717) is 49.7 Å². The molecule has 242 valence electrons. The van der Waals surface area contributed by atoms with Gasteiger partial charge in [0.2, 0.25) is 5.89 Å². The number of hydrogen-bond acceptors (Lipinski definition) is 8. The molecule has 0 fully saturated rings. The number of phenolic OH excluding ortho intramolecular Hbond substituents is 2. The summed E-state index contributed by atoms with van der Waals surface area (Å²) in [7, 11) is 0. The SMILES string of the molecule is O=C(Nc1ccc(-c2nc3ccc(-c4ccc(C(=O)Nc5ccc(-c6nc7ccccc7s6)c(O)c5)cc4)cc3o2)c(O)c1)c1ccccc1. The fraction of sp³-hybridized carbons (Fsp3) is 0. The van der Waals surface area contributed by atoms with E-state index in [4.69, 9.17) is 4.42 Å². The molecule has 0 aliphatic rings. The summed E-state index contributed by atoms with van der Waals surface area (Å²) < 4.78 is 7.06. The molecule has 2 aromatic heterocycles. The van der Waals surface area contributed by atoms with E-state index in [1.54, 1.807) is 60.7 Å². The topological polar surface area (TPSA) is 138 Å². The minimum atomic E-state index is -0.315. The maximum atomic E-state index is 13.1. The fourth-order valence-corrected chi connectivity index (χ4v) is 6.60. The molecule has 0 bridgehead atoms. The summed E-state index contributed by atoms with van der Waals surface area (Å²) in [6.45, 7) is 0. The molecule has 0 aliphatic heterocycles. The normalized spacial score (nSPS) is 11.1. The van der Waals surface area contributed by atoms with Crippen LogP contribution >= 0.6 is 11.3 Å². The molecule has 0 aliphatic carbocycles. The predicted molar refractivity (Wildman–Crippen MR) is 196 cm³/mol. The lowest BCUT2D eigenvalue weighted by Crippen LogP contribution is -2.11. The van der Waals surface area contributed by atoms with Crippen LogP contribution in [-0.4, -0.2) is 32.0 Å². The van der Waals surface area contributed by atoms with Crippen molar-refractivity contribution in [2.75, 3.05) is 10.6 Å². The Hall–Kier alpha value is -6.78. The predicted octanol–water partition coefficient (Wildman–Crippen LogP) is 9.35. The van der Waals surface area contributed by atoms with Gasteiger partial charge in [-0.15, -0.1) is 11.3 Å². The minimum absolute atomic E-state index is 0.0303. The lowest BCUT2D eigenvalue weighted by molar-refractivity contribution is 0.101. The van der Waals surface area contributed by atoms with Gasteiger partial charge < -0.3 is 25.3 Å². The van der Waals surface area contributed by atoms with Crippen molar-refractivity contribution in [3.8, 4) is 44.7 Å². The summed E-state index contributed by atoms with van der Waals surface area (Å²) in [4.78, 5) is 34.7. The first-order valence-corrected chi connectivity index (χ1v) is 16.4. The van der Waals surface area contributed by atoms with Crippen LogP contribution in [-0.2, 0) is 0 Å². The number of carbonyl (C=O) groups is 2. The van der Waals surface area contributed by atoms with Crippen molar-refractivity contribution >= 4 is 55.8 Å². The van der Waals surface area contributed by atoms with Crippen molar-refractivity contribution < 1.29 is 24.2 Å². The number of fused-ring (bicyclic) bond motifs is 2. The highest BCUT2D eigenvalue weighted by Crippen LogP contribution is 2.37. The largest absolute Gasteiger partial charge is 0.507 e. The van der Waals surface area contributed by atoms with Crippen LogP contribution in [0.25, 0.3) is 54.5 Å². The van der Waals surface area contributed by atoms with E-state index in [1.807, 2.05) is 60.7 Å². The molecule has 0 unspecified atom stereocenters. The molecule has 0 saturated heterocycles. The molecule has 4 N–H and O–H groups in total. The molecule has 0 atom stereocenters. The van der Waals surface area contributed by atoms with E-state index in [2.05, 4.69) is 20.6 Å². The number of benzene rings is 6. The van der Waals surface area contributed by atoms with E-state index >= 15 is 0 Å². The Morgan fingerprint density at radius 3 is 1.88 bits per heavy atom. The molecule has 10 heteroatoms. The Morgan fingerprint density at radius 1 is 0.580 bits per heavy atom. The van der Waals surface area contributed by atoms with Gasteiger partial charge in [-0.25, -0.2) is 9.97 Å². The Bertz CT molecular complexity index is 2530. The van der Waals surface area contributed by atoms with Crippen molar-refractivity contribution in [3.63, 3.8) is 0 Å². The zero-order valence-corrected chi connectivity index (χ0v) is 26.9. The second kappa shape index (κ2) is 12.7. The van der Waals surface area contributed by atoms with Crippen molar-refractivity contribution in [3.05, 3.63) is 145 Å². The van der Waals surface area contributed by atoms with Crippen LogP contribution in [0.4, 0.5) is 11.4 Å². The van der Waals surface area contributed by atoms with Crippen molar-refractivity contribution in [1.29, 1.82) is 0 Å². The summed E-state index contributed by atoms with van der Waals surface area (Å²) in [5.74, 6) is -0.419. The molecule has 0 radical (unpaired) electrons. The second-order valence-corrected chi connectivity index (χ2v) is 12.5. The van der Waals surface area contributed by atoms with Crippen molar-refractivity contribution in [2.45, 2.75) is 0 Å². The number of nitrogens with one attached hydrogen (secondary N) is 2. The number of hydrogen-bond donors (Lipinski definition) is 4. The van der Waals surface area contributed by atoms with Gasteiger partial charge >= 0.3 is 0 Å². The number of phenols is 2. The quantitative estimate of drug-likeness (QED) is 0.132. The van der Waals surface area contributed by atoms with Crippen molar-refractivity contribution in [2.24, 2.45) is 0 Å². The number of oxazole rings is 1. The van der Waals surface area contributed by atoms with E-state index in [9.17, 15) is 19.8 Å². The van der Waals surface area contributed by atoms with Gasteiger partial charge in [-0.2, -0.15) is 0 Å². The average molecular weight is 675 g/mol. The fourth-order valence-electron chi connectivity index (χ4n) is 5.60. The minimum Gasteiger partial charge on any atom is -0.507 e. The van der Waals surface area contributed by atoms with Gasteiger partial charge in [0.05, 0.1) is 21.3 Å². The lowest BCUT2D eigenvalue weighted by Gasteiger charge is -2.09. The standard InChI is InChI=1S/C40H26N4O5S/c45-33-21-27(41-37(47)24-6-2-1-3-7-24)15-17-29(33)39-43-31-19-14-26(20-35(31)49-39)23-10-12-25(13-11-23)38(48)42-28-16-18-30(34(46)22-28)40-44-32-8-4-5-9-36(32)50-40/h1-22,45-46H,(H,41,47)(H,42,48). The molecule has 6 aromatic carbocycles. The van der Waals surface area contributed by atoms with Crippen LogP contribution in [0, 0.1) is 0 Å². The first-order chi connectivity index (χ1) is 24.4. The molecule has 9 nitrogen and oxygen atoms in total. The van der Waals surface area contributed by atoms with Crippen LogP contribution in [0.5, 0.6) is 11.5 Å². The third-order valence-electron chi connectivity index (χ3n) is 8.17. The number of carbonyl (C=O) groups excluding carboxylic acids is 2. The Kier molecular flexibility index (Phi) is 7.75. The number of para-hydroxylation sites is 1. The highest BCUT2D eigenvalue weighted by Gasteiger charge is 2.16. The van der Waals surface area contributed by atoms with Gasteiger partial charge in [0.25, 0.3) is 11.8 Å². The van der Waals surface area contributed by atoms with E-state index in [-0.39, 0.29) is 29.2 Å². The van der Waals surface area contributed by atoms with Gasteiger partial charge in [0.1, 0.15) is 22.0 Å². The third kappa shape index (κ3) is 6.02. The molecule has 50 heavy (non-hydrogen) atoms. The maximum Gasteiger partial charge on any atom is 0.255 e. The third-order valence-corrected chi connectivity index (χ3v) is 9.24. The first kappa shape index (κ1) is 30.5. The number of rotatable bonds is 7. The van der Waals surface area contributed by atoms with Crippen molar-refractivity contribution in [1.82, 2.24) is 9.97 Å². The van der Waals surface area contributed by atoms with Crippen LogP contribution in [0.3, 0.4) is 0 Å². The van der Waals surface area contributed by atoms with E-state index < -0.39 is 0 Å². The van der Waals surface area contributed by atoms with E-state index in [0.717, 1.165) is 21.3 Å². The monoisotopic (exact) mass is 674 g/mol. The summed E-state index contributed by atoms with van der Waals surface area (Å²) in [5.41, 5.74) is 6.56. The molecule has 8 rings (SSSR count). The number of amides is 2. The molecule has 2 amide bonds. The van der Waals surface area contributed by atoms with Gasteiger partial charge in [-0.05, 0) is 83.9 Å². The molecule has 8 aromatic rings. The summed E-state index contributed by atoms with van der Waals surface area (Å²) in [6, 6.07) is 39.1. The highest BCUT2D eigenvalue weighted by molar-refractivity contribution is 7.21. The van der Waals surface area contributed by atoms with E-state index in [1.165, 1.54) is 23.5 Å². The van der Waals surface area contributed by atoms with Crippen LogP contribution in [0.2, 0.25) is 0 Å². The Labute approximate surface area is 289 Å². The van der Waals surface area contributed by atoms with Gasteiger partial charge in [-0.3, -0.25) is 9.59 Å². The van der Waals surface area contributed by atoms with Gasteiger partial charge in [0.15, 0.2) is 5.58 Å². The molecule has 0 spiro atoms. The Morgan fingerprint density at radius 2 is 1.20 bits per heavy atom. The second-order valence-electron chi connectivity index (χ2n) is 11.5. The average Bonchev–Trinajstić information content (AvgIpc) is 3.76. The maximum absolute atomic E-state index is 13.1. The van der Waals surface area contributed by atoms with Gasteiger partial charge in [-0.1, -0.05) is 48.5 Å². The smallest absolute Gasteiger partial charge is 0.255 e. The van der Waals surface area contributed by atoms with Crippen LogP contribution < -0.4 is 10.6 Å². The van der Waals surface area contributed by atoms with Gasteiger partial charge in [0, 0.05) is 34.6 Å². The summed E-state index contributed by atoms with van der Waals surface area (Å²) >= 11 is 1.49. The zero-order chi connectivity index (χ0) is 34.2. The number of nitrogens with zero attached hydrogens (tertiary/aromatic N) is 2. The highest BCUT2D eigenvalue weighted by atomic mass is 32.1. The molecular formula is C40H26N4O5S. The summed E-state index contributed by atoms with van der Waals surface area (Å²) in [5, 5.41) is 27.8. The summed E-state index contributed by atoms with van der Waals surface area (Å²) in [6.07, 6.45) is 0. The lowest BCUT2D eigenvalue weighted by atomic mass is 10.0. The molecular weight excluding hydrogens is 649 g/mol. The number of thiazole rings is 1. The number of aromatic hydroxyl groups is 2. The zero-order valence-electron chi connectivity index (χ0n) is 26.1. The molecule has 0 saturated carbocycles. The van der Waals surface area contributed by atoms with Crippen LogP contribution in [0.15, 0.2) is 138 Å². The number of anilines is 2. The van der Waals surface area contributed by atoms with Crippen LogP contribution in [0.1, 0.15) is 20.7 Å².